The van der Waals surface area contributed by atoms with Crippen molar-refractivity contribution in [1.29, 1.82) is 0 Å². The smallest absolute Gasteiger partial charge is 0.205 e. The molecule has 1 atom stereocenters. The fourth-order valence-electron chi connectivity index (χ4n) is 6.04. The van der Waals surface area contributed by atoms with Crippen LogP contribution in [0.15, 0.2) is 91.3 Å². The number of rotatable bonds is 11. The molecule has 0 spiro atoms. The van der Waals surface area contributed by atoms with Crippen LogP contribution in [0.4, 0.5) is 0 Å². The molecule has 226 valence electrons. The summed E-state index contributed by atoms with van der Waals surface area (Å²) in [5, 5.41) is 14.7. The molecule has 0 saturated heterocycles. The van der Waals surface area contributed by atoms with Gasteiger partial charge in [0.15, 0.2) is 6.23 Å². The van der Waals surface area contributed by atoms with Crippen LogP contribution in [0.2, 0.25) is 0 Å². The topological polar surface area (TPSA) is 99.3 Å². The average molecular weight is 597 g/mol. The van der Waals surface area contributed by atoms with Crippen LogP contribution in [-0.2, 0) is 13.0 Å². The van der Waals surface area contributed by atoms with Crippen LogP contribution >= 0.6 is 0 Å². The predicted molar refractivity (Wildman–Crippen MR) is 177 cm³/mol. The van der Waals surface area contributed by atoms with Gasteiger partial charge in [-0.05, 0) is 59.0 Å². The highest BCUT2D eigenvalue weighted by Gasteiger charge is 2.21. The predicted octanol–water partition coefficient (Wildman–Crippen LogP) is 7.92. The molecule has 7 aromatic rings. The molecule has 3 aromatic heterocycles. The zero-order valence-electron chi connectivity index (χ0n) is 25.8. The lowest BCUT2D eigenvalue weighted by molar-refractivity contribution is 0.133. The maximum atomic E-state index is 6.85. The second-order valence-electron chi connectivity index (χ2n) is 11.4. The van der Waals surface area contributed by atoms with Gasteiger partial charge in [0.05, 0.1) is 22.9 Å². The lowest BCUT2D eigenvalue weighted by Gasteiger charge is -2.21. The van der Waals surface area contributed by atoms with E-state index in [0.717, 1.165) is 81.6 Å². The summed E-state index contributed by atoms with van der Waals surface area (Å²) in [5.41, 5.74) is 9.48. The van der Waals surface area contributed by atoms with E-state index >= 15 is 0 Å². The first kappa shape index (κ1) is 28.5. The highest BCUT2D eigenvalue weighted by molar-refractivity contribution is 5.86. The molecule has 1 N–H and O–H groups in total. The van der Waals surface area contributed by atoms with Gasteiger partial charge in [-0.25, -0.2) is 9.97 Å². The number of nitrogens with one attached hydrogen (secondary N) is 1. The summed E-state index contributed by atoms with van der Waals surface area (Å²) in [5.74, 6) is 2.50. The van der Waals surface area contributed by atoms with E-state index in [-0.39, 0.29) is 6.23 Å². The summed E-state index contributed by atoms with van der Waals surface area (Å²) in [4.78, 5) is 9.82. The molecule has 1 unspecified atom stereocenters. The molecule has 9 heteroatoms. The number of hydrogen-bond donors (Lipinski definition) is 1. The minimum atomic E-state index is -0.204. The fraction of sp³-hybridized carbons (Fsp3) is 0.250. The van der Waals surface area contributed by atoms with Gasteiger partial charge < -0.3 is 9.30 Å². The van der Waals surface area contributed by atoms with E-state index in [1.807, 2.05) is 42.7 Å². The highest BCUT2D eigenvalue weighted by Crippen LogP contribution is 2.35. The van der Waals surface area contributed by atoms with Crippen LogP contribution in [0.1, 0.15) is 56.3 Å². The molecule has 45 heavy (non-hydrogen) atoms. The molecule has 7 rings (SSSR count). The summed E-state index contributed by atoms with van der Waals surface area (Å²) in [7, 11) is 0. The zero-order valence-corrected chi connectivity index (χ0v) is 25.8. The van der Waals surface area contributed by atoms with Crippen molar-refractivity contribution in [1.82, 2.24) is 39.7 Å². The van der Waals surface area contributed by atoms with Crippen molar-refractivity contribution in [3.63, 3.8) is 0 Å². The summed E-state index contributed by atoms with van der Waals surface area (Å²) in [6, 6.07) is 29.3. The molecule has 0 aliphatic carbocycles. The van der Waals surface area contributed by atoms with Gasteiger partial charge >= 0.3 is 0 Å². The minimum Gasteiger partial charge on any atom is -0.468 e. The van der Waals surface area contributed by atoms with E-state index < -0.39 is 0 Å². The van der Waals surface area contributed by atoms with E-state index in [0.29, 0.717) is 12.4 Å². The van der Waals surface area contributed by atoms with Gasteiger partial charge in [-0.15, -0.1) is 10.2 Å². The van der Waals surface area contributed by atoms with Crippen LogP contribution in [-0.4, -0.2) is 39.7 Å². The Bertz CT molecular complexity index is 2060. The Hall–Kier alpha value is -5.31. The third-order valence-corrected chi connectivity index (χ3v) is 8.41. The third-order valence-electron chi connectivity index (χ3n) is 8.41. The van der Waals surface area contributed by atoms with Crippen LogP contribution in [0.25, 0.3) is 44.6 Å². The van der Waals surface area contributed by atoms with Crippen molar-refractivity contribution in [3.8, 4) is 28.3 Å². The van der Waals surface area contributed by atoms with Crippen LogP contribution in [0, 0.1) is 6.92 Å². The first-order valence-electron chi connectivity index (χ1n) is 15.6. The molecule has 0 fully saturated rings. The number of unbranched alkanes of at least 4 members (excludes halogenated alkanes) is 1. The standard InChI is InChI=1S/C36H36N8O/c1-4-6-15-32-38-34-24(3)16-21-31(45-33(5-2)44-23-37-29-13-9-10-14-30(29)44)35(34)43(32)22-25-17-19-26(20-18-25)27-11-7-8-12-28(27)36-39-41-42-40-36/h7-14,16-21,23,33H,4-6,15,22H2,1-3H3,(H,39,40,41,42). The Labute approximate surface area is 261 Å². The summed E-state index contributed by atoms with van der Waals surface area (Å²) in [6.07, 6.45) is 5.55. The zero-order chi connectivity index (χ0) is 30.8. The Kier molecular flexibility index (Phi) is 7.82. The largest absolute Gasteiger partial charge is 0.468 e. The van der Waals surface area contributed by atoms with E-state index in [1.54, 1.807) is 0 Å². The fourth-order valence-corrected chi connectivity index (χ4v) is 6.04. The maximum Gasteiger partial charge on any atom is 0.205 e. The molecular formula is C36H36N8O. The molecular weight excluding hydrogens is 560 g/mol. The Morgan fingerprint density at radius 1 is 0.889 bits per heavy atom. The monoisotopic (exact) mass is 596 g/mol. The molecule has 0 aliphatic rings. The number of benzene rings is 4. The van der Waals surface area contributed by atoms with Gasteiger partial charge in [0.1, 0.15) is 17.1 Å². The normalized spacial score (nSPS) is 12.2. The van der Waals surface area contributed by atoms with Crippen LogP contribution < -0.4 is 4.74 Å². The Balaban J connectivity index is 1.26. The SMILES string of the molecule is CCCCc1nc2c(C)ccc(OC(CC)n3cnc4ccccc43)c2n1Cc1ccc(-c2ccccc2-c2nn[nH]n2)cc1. The van der Waals surface area contributed by atoms with E-state index in [2.05, 4.69) is 104 Å². The lowest BCUT2D eigenvalue weighted by atomic mass is 9.98. The van der Waals surface area contributed by atoms with Gasteiger partial charge in [0.2, 0.25) is 5.82 Å². The van der Waals surface area contributed by atoms with Crippen molar-refractivity contribution in [2.75, 3.05) is 0 Å². The summed E-state index contributed by atoms with van der Waals surface area (Å²) in [6.45, 7) is 7.18. The van der Waals surface area contributed by atoms with Crippen molar-refractivity contribution in [2.45, 2.75) is 59.2 Å². The summed E-state index contributed by atoms with van der Waals surface area (Å²) >= 11 is 0. The number of aromatic amines is 1. The quantitative estimate of drug-likeness (QED) is 0.163. The molecule has 0 amide bonds. The number of aromatic nitrogens is 8. The van der Waals surface area contributed by atoms with Crippen LogP contribution in [0.5, 0.6) is 5.75 Å². The van der Waals surface area contributed by atoms with Crippen molar-refractivity contribution in [3.05, 3.63) is 108 Å². The summed E-state index contributed by atoms with van der Waals surface area (Å²) < 4.78 is 11.3. The van der Waals surface area contributed by atoms with E-state index in [4.69, 9.17) is 9.72 Å². The van der Waals surface area contributed by atoms with Gasteiger partial charge in [0.25, 0.3) is 0 Å². The van der Waals surface area contributed by atoms with Gasteiger partial charge in [-0.2, -0.15) is 5.21 Å². The number of nitrogens with zero attached hydrogens (tertiary/aromatic N) is 7. The van der Waals surface area contributed by atoms with Crippen molar-refractivity contribution in [2.24, 2.45) is 0 Å². The third kappa shape index (κ3) is 5.46. The molecule has 9 nitrogen and oxygen atoms in total. The number of ether oxygens (including phenoxy) is 1. The van der Waals surface area contributed by atoms with Crippen molar-refractivity contribution >= 4 is 22.1 Å². The number of fused-ring (bicyclic) bond motifs is 2. The van der Waals surface area contributed by atoms with Crippen molar-refractivity contribution < 1.29 is 4.74 Å². The number of aryl methyl sites for hydroxylation is 2. The number of imidazole rings is 2. The highest BCUT2D eigenvalue weighted by atomic mass is 16.5. The molecule has 0 radical (unpaired) electrons. The second-order valence-corrected chi connectivity index (χ2v) is 11.4. The van der Waals surface area contributed by atoms with Crippen LogP contribution in [0.3, 0.4) is 0 Å². The second kappa shape index (κ2) is 12.4. The number of hydrogen-bond acceptors (Lipinski definition) is 6. The molecule has 0 aliphatic heterocycles. The first-order chi connectivity index (χ1) is 22.1. The molecule has 3 heterocycles. The molecule has 4 aromatic carbocycles. The van der Waals surface area contributed by atoms with E-state index in [1.165, 1.54) is 5.56 Å². The first-order valence-corrected chi connectivity index (χ1v) is 15.6. The molecule has 0 bridgehead atoms. The maximum absolute atomic E-state index is 6.85. The Morgan fingerprint density at radius 3 is 2.47 bits per heavy atom. The average Bonchev–Trinajstić information content (AvgIpc) is 3.84. The number of H-pyrrole nitrogens is 1. The van der Waals surface area contributed by atoms with E-state index in [9.17, 15) is 0 Å². The minimum absolute atomic E-state index is 0.204. The molecule has 0 saturated carbocycles. The lowest BCUT2D eigenvalue weighted by Crippen LogP contribution is -2.15. The van der Waals surface area contributed by atoms with Gasteiger partial charge in [0, 0.05) is 24.9 Å². The van der Waals surface area contributed by atoms with Gasteiger partial charge in [-0.3, -0.25) is 4.57 Å². The Morgan fingerprint density at radius 2 is 1.69 bits per heavy atom. The number of tetrazole rings is 1. The number of para-hydroxylation sites is 2. The van der Waals surface area contributed by atoms with Gasteiger partial charge in [-0.1, -0.05) is 87.0 Å².